The predicted octanol–water partition coefficient (Wildman–Crippen LogP) is 21.3. The van der Waals surface area contributed by atoms with Crippen LogP contribution < -0.4 is 37.5 Å². The number of benzene rings is 9. The van der Waals surface area contributed by atoms with Gasteiger partial charge in [0.25, 0.3) is 0 Å². The fourth-order valence-corrected chi connectivity index (χ4v) is 15.3. The Kier molecular flexibility index (Phi) is 42.4. The first-order valence-corrected chi connectivity index (χ1v) is 45.0. The van der Waals surface area contributed by atoms with Crippen molar-refractivity contribution in [3.8, 4) is 5.75 Å². The monoisotopic (exact) mass is 2010 g/mol. The van der Waals surface area contributed by atoms with Crippen LogP contribution in [-0.4, -0.2) is 231 Å². The molecule has 9 aromatic carbocycles. The summed E-state index contributed by atoms with van der Waals surface area (Å²) in [6.45, 7) is 21.0. The van der Waals surface area contributed by atoms with Crippen molar-refractivity contribution >= 4 is 218 Å². The van der Waals surface area contributed by atoms with Gasteiger partial charge in [0.05, 0.1) is 152 Å². The fourth-order valence-electron chi connectivity index (χ4n) is 13.5. The third-order valence-corrected chi connectivity index (χ3v) is 22.7. The molecule has 0 saturated carbocycles. The van der Waals surface area contributed by atoms with Crippen molar-refractivity contribution in [1.82, 2.24) is 44.6 Å². The smallest absolute Gasteiger partial charge is 0.119 e. The molecule has 0 unspecified atom stereocenters. The van der Waals surface area contributed by atoms with Gasteiger partial charge in [-0.3, -0.25) is 15.0 Å². The Morgan fingerprint density at radius 1 is 0.315 bits per heavy atom. The van der Waals surface area contributed by atoms with Crippen molar-refractivity contribution in [1.29, 1.82) is 0 Å². The van der Waals surface area contributed by atoms with E-state index in [2.05, 4.69) is 117 Å². The number of nitrogens with zero attached hydrogens (tertiary/aromatic N) is 9. The molecule has 0 amide bonds. The van der Waals surface area contributed by atoms with Crippen LogP contribution in [0.4, 0.5) is 22.7 Å². The first-order chi connectivity index (χ1) is 61.2. The van der Waals surface area contributed by atoms with E-state index in [1.807, 2.05) is 172 Å². The molecule has 15 rings (SSSR count). The number of ether oxygens (including phenoxy) is 7. The summed E-state index contributed by atoms with van der Waals surface area (Å²) in [5, 5.41) is 28.1. The van der Waals surface area contributed by atoms with Crippen LogP contribution in [0.2, 0.25) is 35.2 Å². The molecule has 0 saturated heterocycles. The van der Waals surface area contributed by atoms with E-state index in [1.54, 1.807) is 25.7 Å². The van der Waals surface area contributed by atoms with Crippen LogP contribution in [0.3, 0.4) is 0 Å². The van der Waals surface area contributed by atoms with Gasteiger partial charge in [0.1, 0.15) is 5.75 Å². The van der Waals surface area contributed by atoms with Crippen molar-refractivity contribution in [3.63, 3.8) is 0 Å². The van der Waals surface area contributed by atoms with E-state index in [9.17, 15) is 0 Å². The quantitative estimate of drug-likeness (QED) is 0.0119. The van der Waals surface area contributed by atoms with Gasteiger partial charge < -0.3 is 80.6 Å². The Morgan fingerprint density at radius 3 is 1.03 bits per heavy atom. The molecule has 15 aromatic rings. The van der Waals surface area contributed by atoms with Gasteiger partial charge in [0.2, 0.25) is 0 Å². The van der Waals surface area contributed by atoms with Crippen LogP contribution in [0.25, 0.3) is 98.1 Å². The number of methoxy groups -OCH3 is 1. The van der Waals surface area contributed by atoms with Gasteiger partial charge in [-0.25, -0.2) is 15.0 Å². The Hall–Kier alpha value is -8.05. The summed E-state index contributed by atoms with van der Waals surface area (Å²) in [6.07, 6.45) is 5.32. The maximum absolute atomic E-state index is 6.42. The van der Waals surface area contributed by atoms with Crippen LogP contribution in [0.1, 0.15) is 11.1 Å². The van der Waals surface area contributed by atoms with Gasteiger partial charge in [-0.1, -0.05) is 126 Å². The number of halogens is 8. The minimum Gasteiger partial charge on any atom is -0.497 e. The van der Waals surface area contributed by atoms with Gasteiger partial charge in [-0.2, -0.15) is 0 Å². The minimum atomic E-state index is 0. The number of hydrogen-bond acceptors (Lipinski definition) is 22. The molecule has 0 atom stereocenters. The Bertz CT molecular complexity index is 5940. The average molecular weight is 2020 g/mol. The molecule has 674 valence electrons. The van der Waals surface area contributed by atoms with Crippen molar-refractivity contribution in [2.24, 2.45) is 11.5 Å². The molecular formula is C96H107BrCl7N15O7Pd. The van der Waals surface area contributed by atoms with Crippen molar-refractivity contribution in [3.05, 3.63) is 251 Å². The van der Waals surface area contributed by atoms with Crippen LogP contribution in [0.15, 0.2) is 205 Å². The molecule has 0 spiro atoms. The number of anilines is 4. The standard InChI is InChI=1S/C37H39Cl2N5O3.C27H31Cl2N5O2.C14H9Cl2N.C9H5BrClN.C9H23N3O2.Pd/c1-24-4-10-32-30(20-24)36(28-8-5-25(38)21-34(28)42-32)40-12-16-46-18-14-44(2)15-19-47-17-13-41-37-29-9-6-26(39)22-35(29)43-33-11-7-27(45-3)23-31(33)37;1-34(12-16-35-14-10-32-24-6-8-30-26-18-20(28)2-4-22(24)26)13-17-36-15-11-33-25-7-9-31-27-19-21(29)3-5-23(25)27;1-8-2-5-12-11(6-8)14(16)10-4-3-9(15)7-13(10)17-12;10-8-3-4-12-9-5-6(11)1-2-7(8)9;1-12(4-8-13-6-2-10)5-9-14-7-3-11;/h4-11,20-23H,12-19H2,1-3H3,(H,40,42)(H,41,43);2-9,18-19H,10-17H2,1H3,(H,30,32)(H,31,33);2-7H,1H3;1-5H;2-11H2,1H3;. The maximum atomic E-state index is 6.42. The van der Waals surface area contributed by atoms with E-state index in [-0.39, 0.29) is 20.4 Å². The first-order valence-electron chi connectivity index (χ1n) is 41.6. The van der Waals surface area contributed by atoms with Crippen LogP contribution in [0.5, 0.6) is 5.75 Å². The number of nitrogens with two attached hydrogens (primary N) is 2. The molecule has 127 heavy (non-hydrogen) atoms. The molecule has 0 aliphatic heterocycles. The molecule has 0 radical (unpaired) electrons. The zero-order valence-electron chi connectivity index (χ0n) is 71.9. The van der Waals surface area contributed by atoms with Gasteiger partial charge >= 0.3 is 0 Å². The molecule has 22 nitrogen and oxygen atoms in total. The third-order valence-electron chi connectivity index (χ3n) is 20.2. The summed E-state index contributed by atoms with van der Waals surface area (Å²) in [6, 6.07) is 58.4. The predicted molar refractivity (Wildman–Crippen MR) is 531 cm³/mol. The summed E-state index contributed by atoms with van der Waals surface area (Å²) in [4.78, 5) is 33.7. The molecule has 6 heterocycles. The number of hydrogen-bond donors (Lipinski definition) is 6. The summed E-state index contributed by atoms with van der Waals surface area (Å²) in [5.74, 6) is 0.784. The Labute approximate surface area is 799 Å². The first kappa shape index (κ1) is 101. The Morgan fingerprint density at radius 2 is 0.630 bits per heavy atom. The summed E-state index contributed by atoms with van der Waals surface area (Å²) >= 11 is 46.3. The van der Waals surface area contributed by atoms with Crippen LogP contribution in [0, 0.1) is 13.8 Å². The average Bonchev–Trinajstić information content (AvgIpc) is 0.776. The summed E-state index contributed by atoms with van der Waals surface area (Å²) < 4.78 is 40.5. The van der Waals surface area contributed by atoms with E-state index in [1.165, 1.54) is 11.1 Å². The van der Waals surface area contributed by atoms with Gasteiger partial charge in [0, 0.05) is 212 Å². The molecular weight excluding hydrogens is 1910 g/mol. The summed E-state index contributed by atoms with van der Waals surface area (Å²) in [7, 11) is 7.87. The van der Waals surface area contributed by atoms with E-state index >= 15 is 0 Å². The largest absolute Gasteiger partial charge is 0.497 e. The summed E-state index contributed by atoms with van der Waals surface area (Å²) in [5.41, 5.74) is 25.0. The van der Waals surface area contributed by atoms with Gasteiger partial charge in [0.15, 0.2) is 0 Å². The van der Waals surface area contributed by atoms with Crippen molar-refractivity contribution < 1.29 is 53.6 Å². The molecule has 8 N–H and O–H groups in total. The number of aromatic nitrogens is 6. The number of fused-ring (bicyclic) bond motifs is 9. The second-order valence-corrected chi connectivity index (χ2v) is 33.5. The number of likely N-dealkylation sites (N-methyl/N-ethyl adjacent to an activating group) is 3. The number of aryl methyl sites for hydroxylation is 2. The molecule has 6 aromatic heterocycles. The van der Waals surface area contributed by atoms with Gasteiger partial charge in [-0.05, 0) is 199 Å². The second-order valence-electron chi connectivity index (χ2n) is 29.7. The normalized spacial score (nSPS) is 11.3. The molecule has 0 fully saturated rings. The molecule has 0 bridgehead atoms. The number of pyridine rings is 6. The maximum Gasteiger partial charge on any atom is 0.119 e. The van der Waals surface area contributed by atoms with Crippen LogP contribution in [-0.2, 0) is 48.8 Å². The fraction of sp³-hybridized carbons (Fsp3) is 0.312. The zero-order chi connectivity index (χ0) is 89.1. The second kappa shape index (κ2) is 53.3. The van der Waals surface area contributed by atoms with Crippen LogP contribution >= 0.6 is 97.1 Å². The van der Waals surface area contributed by atoms with E-state index in [4.69, 9.17) is 136 Å². The topological polar surface area (TPSA) is 252 Å². The number of nitrogens with one attached hydrogen (secondary N) is 4. The van der Waals surface area contributed by atoms with E-state index in [0.717, 1.165) is 202 Å². The minimum absolute atomic E-state index is 0. The zero-order valence-corrected chi connectivity index (χ0v) is 80.3. The molecule has 0 aliphatic carbocycles. The van der Waals surface area contributed by atoms with E-state index in [0.29, 0.717) is 122 Å². The van der Waals surface area contributed by atoms with Crippen molar-refractivity contribution in [2.45, 2.75) is 13.8 Å². The van der Waals surface area contributed by atoms with E-state index < -0.39 is 0 Å². The molecule has 0 aliphatic rings. The van der Waals surface area contributed by atoms with Crippen molar-refractivity contribution in [2.75, 3.05) is 207 Å². The van der Waals surface area contributed by atoms with Gasteiger partial charge in [-0.15, -0.1) is 0 Å². The third kappa shape index (κ3) is 31.3. The number of rotatable bonds is 39. The SMILES string of the molecule is CN(CCOCCN)CCOCCN.CN(CCOCCNc1ccnc2cc(Cl)ccc12)CCOCCNc1ccnc2cc(Cl)ccc12.COc1ccc2nc3cc(Cl)ccc3c(NCCOCCN(C)CCOCCNc3c4ccc(Cl)cc4nc4ccc(C)cc34)c2c1.Cc1ccc2nc3cc(Cl)ccc3c(Cl)c2c1.Clc1ccc2c(Br)ccnc2c1.[Pd]. The Balaban J connectivity index is 0.000000183. The molecule has 31 heteroatoms.